The van der Waals surface area contributed by atoms with Gasteiger partial charge in [0.05, 0.1) is 0 Å². The van der Waals surface area contributed by atoms with Crippen molar-refractivity contribution in [1.29, 1.82) is 0 Å². The summed E-state index contributed by atoms with van der Waals surface area (Å²) in [6.45, 7) is 14.6. The molecule has 12 aromatic carbocycles. The van der Waals surface area contributed by atoms with Crippen LogP contribution in [0.15, 0.2) is 206 Å². The van der Waals surface area contributed by atoms with Gasteiger partial charge in [0.1, 0.15) is 0 Å². The van der Waals surface area contributed by atoms with Crippen LogP contribution in [0.3, 0.4) is 0 Å². The van der Waals surface area contributed by atoms with Gasteiger partial charge in [0.25, 0.3) is 0 Å². The molecule has 336 valence electrons. The van der Waals surface area contributed by atoms with Gasteiger partial charge in [-0.3, -0.25) is 0 Å². The lowest BCUT2D eigenvalue weighted by molar-refractivity contribution is 0.660. The maximum Gasteiger partial charge on any atom is 0.0159 e. The van der Waals surface area contributed by atoms with E-state index < -0.39 is 0 Å². The first-order chi connectivity index (χ1) is 34.5. The molecule has 0 saturated carbocycles. The van der Waals surface area contributed by atoms with Crippen molar-refractivity contribution < 1.29 is 0 Å². The van der Waals surface area contributed by atoms with Gasteiger partial charge in [0.2, 0.25) is 0 Å². The van der Waals surface area contributed by atoms with Crippen LogP contribution in [0, 0.1) is 0 Å². The lowest BCUT2D eigenvalue weighted by Gasteiger charge is -2.26. The van der Waals surface area contributed by atoms with Crippen LogP contribution in [0.25, 0.3) is 121 Å². The van der Waals surface area contributed by atoms with Gasteiger partial charge in [-0.2, -0.15) is 0 Å². The van der Waals surface area contributed by atoms with Crippen LogP contribution in [0.5, 0.6) is 0 Å². The molecule has 0 amide bonds. The molecule has 71 heavy (non-hydrogen) atoms. The van der Waals surface area contributed by atoms with Gasteiger partial charge in [0.15, 0.2) is 0 Å². The fourth-order valence-corrected chi connectivity index (χ4v) is 14.1. The van der Waals surface area contributed by atoms with E-state index in [1.54, 1.807) is 0 Å². The lowest BCUT2D eigenvalue weighted by Crippen LogP contribution is -2.16. The second kappa shape index (κ2) is 14.1. The summed E-state index contributed by atoms with van der Waals surface area (Å²) in [5, 5.41) is 13.0. The molecule has 0 spiro atoms. The lowest BCUT2D eigenvalue weighted by atomic mass is 9.77. The van der Waals surface area contributed by atoms with E-state index in [0.717, 1.165) is 0 Å². The summed E-state index contributed by atoms with van der Waals surface area (Å²) in [6, 6.07) is 78.9. The van der Waals surface area contributed by atoms with Gasteiger partial charge in [-0.25, -0.2) is 0 Å². The summed E-state index contributed by atoms with van der Waals surface area (Å²) in [7, 11) is 0. The Bertz CT molecular complexity index is 4350. The van der Waals surface area contributed by atoms with Crippen LogP contribution >= 0.6 is 0 Å². The summed E-state index contributed by atoms with van der Waals surface area (Å²) in [5.41, 5.74) is 23.8. The van der Waals surface area contributed by atoms with E-state index >= 15 is 0 Å². The van der Waals surface area contributed by atoms with Gasteiger partial charge in [-0.15, -0.1) is 0 Å². The number of rotatable bonds is 3. The molecule has 0 fully saturated rings. The molecule has 0 atom stereocenters. The molecule has 0 saturated heterocycles. The number of hydrogen-bond acceptors (Lipinski definition) is 0. The molecule has 0 aromatic heterocycles. The molecule has 0 unspecified atom stereocenters. The van der Waals surface area contributed by atoms with E-state index in [1.807, 2.05) is 0 Å². The zero-order valence-electron chi connectivity index (χ0n) is 41.1. The average Bonchev–Trinajstić information content (AvgIpc) is 3.91. The first kappa shape index (κ1) is 40.8. The quantitative estimate of drug-likeness (QED) is 0.166. The minimum atomic E-state index is -0.270. The van der Waals surface area contributed by atoms with Crippen molar-refractivity contribution in [2.75, 3.05) is 0 Å². The Morgan fingerprint density at radius 1 is 0.211 bits per heavy atom. The predicted molar refractivity (Wildman–Crippen MR) is 303 cm³/mol. The topological polar surface area (TPSA) is 0 Å². The molecule has 0 heteroatoms. The Labute approximate surface area is 415 Å². The monoisotopic (exact) mass is 904 g/mol. The number of hydrogen-bond donors (Lipinski definition) is 0. The molecular weight excluding hydrogens is 853 g/mol. The Kier molecular flexibility index (Phi) is 8.07. The van der Waals surface area contributed by atoms with Crippen molar-refractivity contribution in [2.24, 2.45) is 0 Å². The summed E-state index contributed by atoms with van der Waals surface area (Å²) in [4.78, 5) is 0. The van der Waals surface area contributed by atoms with Crippen molar-refractivity contribution in [3.63, 3.8) is 0 Å². The molecule has 0 N–H and O–H groups in total. The molecule has 0 radical (unpaired) electrons. The van der Waals surface area contributed by atoms with E-state index in [9.17, 15) is 0 Å². The normalized spacial score (nSPS) is 15.2. The first-order valence-corrected chi connectivity index (χ1v) is 25.5. The smallest absolute Gasteiger partial charge is 0.0159 e. The highest BCUT2D eigenvalue weighted by atomic mass is 14.4. The van der Waals surface area contributed by atoms with E-state index in [2.05, 4.69) is 248 Å². The van der Waals surface area contributed by atoms with E-state index in [-0.39, 0.29) is 16.2 Å². The highest BCUT2D eigenvalue weighted by molar-refractivity contribution is 6.21. The minimum absolute atomic E-state index is 0.0761. The highest BCUT2D eigenvalue weighted by Gasteiger charge is 2.42. The largest absolute Gasteiger partial charge is 0.0619 e. The second-order valence-corrected chi connectivity index (χ2v) is 22.3. The maximum atomic E-state index is 2.60. The van der Waals surface area contributed by atoms with E-state index in [0.29, 0.717) is 0 Å². The van der Waals surface area contributed by atoms with Gasteiger partial charge < -0.3 is 0 Å². The van der Waals surface area contributed by atoms with E-state index in [4.69, 9.17) is 0 Å². The van der Waals surface area contributed by atoms with Crippen LogP contribution in [-0.2, 0) is 16.2 Å². The summed E-state index contributed by atoms with van der Waals surface area (Å²) >= 11 is 0. The highest BCUT2D eigenvalue weighted by Crippen LogP contribution is 2.60. The SMILES string of the molecule is CC1(C)c2ccccc2-c2ccc(-c3cc4c(c5ccccc35)-c3c(cc(-c5cc6c(c7ccccc57)-c5c(cc(-c7cccc8ccccc78)c7ccccc57)C6(C)C)c5ccccc35)C4(C)C)cc21. The van der Waals surface area contributed by atoms with Crippen LogP contribution in [0.1, 0.15) is 74.9 Å². The third-order valence-electron chi connectivity index (χ3n) is 17.6. The third-order valence-corrected chi connectivity index (χ3v) is 17.6. The van der Waals surface area contributed by atoms with Crippen LogP contribution in [-0.4, -0.2) is 0 Å². The number of benzene rings is 12. The number of fused-ring (bicyclic) bond motifs is 18. The van der Waals surface area contributed by atoms with Gasteiger partial charge >= 0.3 is 0 Å². The average molecular weight is 905 g/mol. The molecule has 15 rings (SSSR count). The van der Waals surface area contributed by atoms with Crippen LogP contribution in [0.4, 0.5) is 0 Å². The molecule has 0 heterocycles. The minimum Gasteiger partial charge on any atom is -0.0619 e. The molecular formula is C71H52. The summed E-state index contributed by atoms with van der Waals surface area (Å²) < 4.78 is 0. The van der Waals surface area contributed by atoms with Crippen molar-refractivity contribution in [1.82, 2.24) is 0 Å². The summed E-state index contributed by atoms with van der Waals surface area (Å²) in [6.07, 6.45) is 0. The molecule has 3 aliphatic rings. The van der Waals surface area contributed by atoms with E-state index in [1.165, 1.54) is 154 Å². The molecule has 0 bridgehead atoms. The van der Waals surface area contributed by atoms with Crippen molar-refractivity contribution in [3.8, 4) is 66.8 Å². The van der Waals surface area contributed by atoms with Crippen LogP contribution in [0.2, 0.25) is 0 Å². The Morgan fingerprint density at radius 2 is 0.549 bits per heavy atom. The second-order valence-electron chi connectivity index (χ2n) is 22.3. The fraction of sp³-hybridized carbons (Fsp3) is 0.127. The maximum absolute atomic E-state index is 2.60. The van der Waals surface area contributed by atoms with Gasteiger partial charge in [-0.1, -0.05) is 217 Å². The zero-order valence-corrected chi connectivity index (χ0v) is 41.1. The third kappa shape index (κ3) is 5.30. The molecule has 0 nitrogen and oxygen atoms in total. The fourth-order valence-electron chi connectivity index (χ4n) is 14.1. The van der Waals surface area contributed by atoms with Crippen molar-refractivity contribution >= 4 is 53.9 Å². The molecule has 3 aliphatic carbocycles. The predicted octanol–water partition coefficient (Wildman–Crippen LogP) is 19.4. The van der Waals surface area contributed by atoms with Crippen molar-refractivity contribution in [3.05, 3.63) is 240 Å². The van der Waals surface area contributed by atoms with Gasteiger partial charge in [0, 0.05) is 16.2 Å². The molecule has 12 aromatic rings. The standard InChI is InChI=1S/C71H52/c1-69(2)59-33-18-17-27-49(59)50-35-34-42(36-60(50)69)55-37-61-65(51-28-13-9-23-45(51)55)67-53-30-15-11-25-47(53)57(39-63(67)70(61,3)4)58-40-64-68(54-31-16-12-26-48(54)58)66-52-29-14-10-24-46(52)56(38-62(66)71(64,5)6)44-32-19-21-41-20-7-8-22-43(41)44/h7-40H,1-6H3. The first-order valence-electron chi connectivity index (χ1n) is 25.5. The Hall–Kier alpha value is -8.06. The molecule has 0 aliphatic heterocycles. The van der Waals surface area contributed by atoms with Crippen molar-refractivity contribution in [2.45, 2.75) is 57.8 Å². The summed E-state index contributed by atoms with van der Waals surface area (Å²) in [5.74, 6) is 0. The van der Waals surface area contributed by atoms with Gasteiger partial charge in [-0.05, 0) is 184 Å². The Balaban J connectivity index is 0.954. The van der Waals surface area contributed by atoms with Crippen LogP contribution < -0.4 is 0 Å². The Morgan fingerprint density at radius 3 is 1.06 bits per heavy atom. The zero-order chi connectivity index (χ0) is 47.7.